The normalized spacial score (nSPS) is 10.4. The molecule has 0 saturated heterocycles. The Morgan fingerprint density at radius 3 is 2.41 bits per heavy atom. The van der Waals surface area contributed by atoms with Gasteiger partial charge in [-0.25, -0.2) is 4.98 Å². The van der Waals surface area contributed by atoms with Crippen LogP contribution in [0.4, 0.5) is 10.8 Å². The lowest BCUT2D eigenvalue weighted by Crippen LogP contribution is -2.17. The van der Waals surface area contributed by atoms with Gasteiger partial charge in [-0.3, -0.25) is 14.4 Å². The summed E-state index contributed by atoms with van der Waals surface area (Å²) in [4.78, 5) is 40.9. The van der Waals surface area contributed by atoms with Crippen LogP contribution in [0.2, 0.25) is 0 Å². The summed E-state index contributed by atoms with van der Waals surface area (Å²) in [5, 5.41) is 10.7. The number of hydrogen-bond acceptors (Lipinski definition) is 6. The summed E-state index contributed by atoms with van der Waals surface area (Å²) in [5.41, 5.74) is 2.33. The molecule has 7 nitrogen and oxygen atoms in total. The lowest BCUT2D eigenvalue weighted by Gasteiger charge is -2.05. The first-order valence-corrected chi connectivity index (χ1v) is 10.5. The Morgan fingerprint density at radius 1 is 0.966 bits per heavy atom. The van der Waals surface area contributed by atoms with E-state index in [1.165, 1.54) is 25.2 Å². The minimum absolute atomic E-state index is 0.0663. The number of hydrogen-bond donors (Lipinski definition) is 3. The summed E-state index contributed by atoms with van der Waals surface area (Å²) in [6.45, 7) is 3.43. The molecule has 0 aliphatic heterocycles. The van der Waals surface area contributed by atoms with E-state index in [9.17, 15) is 14.4 Å². The Hall–Kier alpha value is -3.04. The van der Waals surface area contributed by atoms with E-state index in [0.29, 0.717) is 17.4 Å². The first-order valence-electron chi connectivity index (χ1n) is 8.84. The zero-order valence-corrected chi connectivity index (χ0v) is 17.6. The van der Waals surface area contributed by atoms with Crippen molar-refractivity contribution in [1.82, 2.24) is 10.3 Å². The fraction of sp³-hybridized carbons (Fsp3) is 0.200. The van der Waals surface area contributed by atoms with Crippen LogP contribution in [0.25, 0.3) is 10.6 Å². The van der Waals surface area contributed by atoms with Crippen molar-refractivity contribution >= 4 is 51.2 Å². The molecular weight excluding hydrogens is 408 g/mol. The summed E-state index contributed by atoms with van der Waals surface area (Å²) in [6.07, 6.45) is 0.217. The van der Waals surface area contributed by atoms with E-state index < -0.39 is 0 Å². The standard InChI is InChI=1S/C20H20N4O3S2/c1-12(25)21-10-16-7-8-18(29-16)17-11-28-20(23-17)24-19(27)9-14-3-5-15(6-4-14)22-13(2)26/h3-8,11H,9-10H2,1-2H3,(H,21,25)(H,22,26)(H,23,24,27). The predicted octanol–water partition coefficient (Wildman–Crippen LogP) is 3.65. The van der Waals surface area contributed by atoms with Gasteiger partial charge in [0.05, 0.1) is 23.5 Å². The molecule has 0 spiro atoms. The third kappa shape index (κ3) is 6.23. The quantitative estimate of drug-likeness (QED) is 0.535. The van der Waals surface area contributed by atoms with Gasteiger partial charge in [0, 0.05) is 29.8 Å². The molecule has 9 heteroatoms. The number of nitrogens with one attached hydrogen (secondary N) is 3. The molecule has 1 aromatic carbocycles. The van der Waals surface area contributed by atoms with Crippen LogP contribution < -0.4 is 16.0 Å². The largest absolute Gasteiger partial charge is 0.351 e. The minimum atomic E-state index is -0.157. The lowest BCUT2D eigenvalue weighted by molar-refractivity contribution is -0.119. The molecular formula is C20H20N4O3S2. The first kappa shape index (κ1) is 20.7. The third-order valence-corrected chi connectivity index (χ3v) is 5.68. The number of nitrogens with zero attached hydrogens (tertiary/aromatic N) is 1. The van der Waals surface area contributed by atoms with Gasteiger partial charge in [-0.05, 0) is 29.8 Å². The van der Waals surface area contributed by atoms with Gasteiger partial charge in [-0.1, -0.05) is 12.1 Å². The predicted molar refractivity (Wildman–Crippen MR) is 116 cm³/mol. The molecule has 0 unspecified atom stereocenters. The highest BCUT2D eigenvalue weighted by molar-refractivity contribution is 7.17. The molecule has 0 fully saturated rings. The zero-order valence-electron chi connectivity index (χ0n) is 15.9. The van der Waals surface area contributed by atoms with E-state index >= 15 is 0 Å². The molecule has 0 atom stereocenters. The number of thiophene rings is 1. The summed E-state index contributed by atoms with van der Waals surface area (Å²) >= 11 is 2.92. The zero-order chi connectivity index (χ0) is 20.8. The van der Waals surface area contributed by atoms with E-state index in [2.05, 4.69) is 20.9 Å². The van der Waals surface area contributed by atoms with Crippen molar-refractivity contribution in [2.75, 3.05) is 10.6 Å². The molecule has 150 valence electrons. The Bertz CT molecular complexity index is 1020. The second kappa shape index (κ2) is 9.44. The first-order chi connectivity index (χ1) is 13.9. The number of aromatic nitrogens is 1. The number of rotatable bonds is 7. The molecule has 3 aromatic rings. The maximum Gasteiger partial charge on any atom is 0.230 e. The van der Waals surface area contributed by atoms with Crippen LogP contribution >= 0.6 is 22.7 Å². The Kier molecular flexibility index (Phi) is 6.73. The van der Waals surface area contributed by atoms with Crippen molar-refractivity contribution in [2.45, 2.75) is 26.8 Å². The molecule has 0 bridgehead atoms. The van der Waals surface area contributed by atoms with Crippen LogP contribution in [0.1, 0.15) is 24.3 Å². The molecule has 3 rings (SSSR count). The highest BCUT2D eigenvalue weighted by Crippen LogP contribution is 2.30. The Labute approximate surface area is 176 Å². The van der Waals surface area contributed by atoms with Crippen molar-refractivity contribution in [1.29, 1.82) is 0 Å². The van der Waals surface area contributed by atoms with Gasteiger partial charge >= 0.3 is 0 Å². The highest BCUT2D eigenvalue weighted by atomic mass is 32.1. The monoisotopic (exact) mass is 428 g/mol. The van der Waals surface area contributed by atoms with E-state index in [1.54, 1.807) is 35.6 Å². The van der Waals surface area contributed by atoms with Crippen LogP contribution in [-0.2, 0) is 27.3 Å². The van der Waals surface area contributed by atoms with Crippen molar-refractivity contribution < 1.29 is 14.4 Å². The fourth-order valence-electron chi connectivity index (χ4n) is 2.52. The molecule has 0 aliphatic carbocycles. The second-order valence-electron chi connectivity index (χ2n) is 6.32. The van der Waals surface area contributed by atoms with E-state index in [4.69, 9.17) is 0 Å². The van der Waals surface area contributed by atoms with E-state index in [0.717, 1.165) is 21.0 Å². The van der Waals surface area contributed by atoms with Crippen molar-refractivity contribution in [2.24, 2.45) is 0 Å². The SMILES string of the molecule is CC(=O)NCc1ccc(-c2csc(NC(=O)Cc3ccc(NC(C)=O)cc3)n2)s1. The van der Waals surface area contributed by atoms with Gasteiger partial charge < -0.3 is 16.0 Å². The maximum atomic E-state index is 12.3. The third-order valence-electron chi connectivity index (χ3n) is 3.82. The smallest absolute Gasteiger partial charge is 0.230 e. The van der Waals surface area contributed by atoms with Crippen molar-refractivity contribution in [3.63, 3.8) is 0 Å². The second-order valence-corrected chi connectivity index (χ2v) is 8.34. The number of carbonyl (C=O) groups excluding carboxylic acids is 3. The molecule has 0 radical (unpaired) electrons. The molecule has 3 amide bonds. The summed E-state index contributed by atoms with van der Waals surface area (Å²) in [6, 6.07) is 11.1. The average Bonchev–Trinajstić information content (AvgIpc) is 3.30. The van der Waals surface area contributed by atoms with Gasteiger partial charge in [0.25, 0.3) is 0 Å². The molecule has 2 aromatic heterocycles. The Balaban J connectivity index is 1.56. The van der Waals surface area contributed by atoms with Gasteiger partial charge in [0.2, 0.25) is 17.7 Å². The van der Waals surface area contributed by atoms with Crippen molar-refractivity contribution in [3.8, 4) is 10.6 Å². The number of amides is 3. The molecule has 3 N–H and O–H groups in total. The van der Waals surface area contributed by atoms with Crippen LogP contribution in [0, 0.1) is 0 Å². The lowest BCUT2D eigenvalue weighted by atomic mass is 10.1. The van der Waals surface area contributed by atoms with Gasteiger partial charge in [0.15, 0.2) is 5.13 Å². The van der Waals surface area contributed by atoms with Crippen LogP contribution in [-0.4, -0.2) is 22.7 Å². The number of carbonyl (C=O) groups is 3. The average molecular weight is 429 g/mol. The Morgan fingerprint density at radius 2 is 1.72 bits per heavy atom. The van der Waals surface area contributed by atoms with Crippen LogP contribution in [0.5, 0.6) is 0 Å². The maximum absolute atomic E-state index is 12.3. The minimum Gasteiger partial charge on any atom is -0.351 e. The van der Waals surface area contributed by atoms with Gasteiger partial charge in [-0.15, -0.1) is 22.7 Å². The van der Waals surface area contributed by atoms with E-state index in [1.807, 2.05) is 17.5 Å². The fourth-order valence-corrected chi connectivity index (χ4v) is 4.23. The molecule has 0 aliphatic rings. The molecule has 0 saturated carbocycles. The van der Waals surface area contributed by atoms with Gasteiger partial charge in [0.1, 0.15) is 0 Å². The molecule has 29 heavy (non-hydrogen) atoms. The molecule has 2 heterocycles. The summed E-state index contributed by atoms with van der Waals surface area (Å²) < 4.78 is 0. The number of anilines is 2. The van der Waals surface area contributed by atoms with Crippen LogP contribution in [0.15, 0.2) is 41.8 Å². The highest BCUT2D eigenvalue weighted by Gasteiger charge is 2.11. The van der Waals surface area contributed by atoms with Crippen LogP contribution in [0.3, 0.4) is 0 Å². The van der Waals surface area contributed by atoms with Crippen molar-refractivity contribution in [3.05, 3.63) is 52.2 Å². The number of benzene rings is 1. The number of thiazole rings is 1. The summed E-state index contributed by atoms with van der Waals surface area (Å²) in [7, 11) is 0. The van der Waals surface area contributed by atoms with Gasteiger partial charge in [-0.2, -0.15) is 0 Å². The topological polar surface area (TPSA) is 100 Å². The van der Waals surface area contributed by atoms with E-state index in [-0.39, 0.29) is 24.1 Å². The summed E-state index contributed by atoms with van der Waals surface area (Å²) in [5.74, 6) is -0.359.